The second kappa shape index (κ2) is 7.57. The first-order valence-electron chi connectivity index (χ1n) is 8.58. The van der Waals surface area contributed by atoms with Crippen molar-refractivity contribution in [3.8, 4) is 5.75 Å². The molecular formula is C18H23BrN4O3. The van der Waals surface area contributed by atoms with Crippen LogP contribution in [0.4, 0.5) is 0 Å². The van der Waals surface area contributed by atoms with Gasteiger partial charge >= 0.3 is 0 Å². The maximum Gasteiger partial charge on any atom is 0.260 e. The standard InChI is InChI=1S/C18H23BrN4O3/c1-23-17(24)14(15(20)18(23)7-2-3-8-18)16(21)22-26-10-9-25-13-6-4-5-12(19)11-13/h4-6,11H,2-3,7-10,20H2,1H3,(H2,21,22). The molecule has 0 radical (unpaired) electrons. The Balaban J connectivity index is 1.59. The van der Waals surface area contributed by atoms with Gasteiger partial charge in [-0.05, 0) is 31.0 Å². The van der Waals surface area contributed by atoms with Crippen LogP contribution in [0.15, 0.2) is 45.2 Å². The van der Waals surface area contributed by atoms with Gasteiger partial charge in [-0.1, -0.05) is 40.0 Å². The number of nitrogens with zero attached hydrogens (tertiary/aromatic N) is 2. The number of halogens is 1. The normalized spacial score (nSPS) is 19.5. The fourth-order valence-electron chi connectivity index (χ4n) is 3.62. The maximum atomic E-state index is 12.6. The summed E-state index contributed by atoms with van der Waals surface area (Å²) in [5.41, 5.74) is 12.6. The molecule has 0 aromatic heterocycles. The predicted molar refractivity (Wildman–Crippen MR) is 102 cm³/mol. The molecule has 1 amide bonds. The number of ether oxygens (including phenoxy) is 1. The Morgan fingerprint density at radius 3 is 2.77 bits per heavy atom. The van der Waals surface area contributed by atoms with Gasteiger partial charge in [-0.3, -0.25) is 4.79 Å². The Hall–Kier alpha value is -2.22. The van der Waals surface area contributed by atoms with Crippen molar-refractivity contribution in [2.75, 3.05) is 20.3 Å². The summed E-state index contributed by atoms with van der Waals surface area (Å²) >= 11 is 3.38. The number of carbonyl (C=O) groups is 1. The summed E-state index contributed by atoms with van der Waals surface area (Å²) in [5.74, 6) is 0.549. The van der Waals surface area contributed by atoms with Crippen LogP contribution in [0.5, 0.6) is 5.75 Å². The zero-order chi connectivity index (χ0) is 18.7. The minimum absolute atomic E-state index is 0.0191. The van der Waals surface area contributed by atoms with Gasteiger partial charge in [0.05, 0.1) is 11.2 Å². The summed E-state index contributed by atoms with van der Waals surface area (Å²) in [6.45, 7) is 0.509. The van der Waals surface area contributed by atoms with Gasteiger partial charge in [-0.25, -0.2) is 0 Å². The minimum atomic E-state index is -0.406. The number of carbonyl (C=O) groups excluding carboxylic acids is 1. The zero-order valence-corrected chi connectivity index (χ0v) is 16.3. The van der Waals surface area contributed by atoms with E-state index in [2.05, 4.69) is 21.1 Å². The average Bonchev–Trinajstić information content (AvgIpc) is 3.17. The summed E-state index contributed by atoms with van der Waals surface area (Å²) in [7, 11) is 1.77. The highest BCUT2D eigenvalue weighted by Crippen LogP contribution is 2.44. The Morgan fingerprint density at radius 1 is 1.35 bits per heavy atom. The topological polar surface area (TPSA) is 103 Å². The van der Waals surface area contributed by atoms with Crippen LogP contribution in [0, 0.1) is 0 Å². The molecule has 1 aliphatic heterocycles. The smallest absolute Gasteiger partial charge is 0.260 e. The Labute approximate surface area is 161 Å². The number of nitrogens with two attached hydrogens (primary N) is 2. The first kappa shape index (κ1) is 18.6. The minimum Gasteiger partial charge on any atom is -0.490 e. The van der Waals surface area contributed by atoms with Crippen LogP contribution in [-0.2, 0) is 9.63 Å². The van der Waals surface area contributed by atoms with E-state index in [0.29, 0.717) is 12.3 Å². The van der Waals surface area contributed by atoms with Gasteiger partial charge in [0, 0.05) is 11.5 Å². The first-order valence-corrected chi connectivity index (χ1v) is 9.37. The fraction of sp³-hybridized carbons (Fsp3) is 0.444. The molecule has 1 spiro atoms. The lowest BCUT2D eigenvalue weighted by Gasteiger charge is -2.33. The number of rotatable bonds is 6. The molecule has 0 saturated heterocycles. The fourth-order valence-corrected chi connectivity index (χ4v) is 4.00. The Bertz CT molecular complexity index is 757. The number of oxime groups is 1. The van der Waals surface area contributed by atoms with E-state index >= 15 is 0 Å². The summed E-state index contributed by atoms with van der Waals surface area (Å²) in [6.07, 6.45) is 3.82. The van der Waals surface area contributed by atoms with Crippen molar-refractivity contribution in [1.29, 1.82) is 0 Å². The van der Waals surface area contributed by atoms with Crippen LogP contribution >= 0.6 is 15.9 Å². The second-order valence-corrected chi connectivity index (χ2v) is 7.42. The highest BCUT2D eigenvalue weighted by atomic mass is 79.9. The van der Waals surface area contributed by atoms with Gasteiger partial charge in [-0.15, -0.1) is 0 Å². The van der Waals surface area contributed by atoms with Crippen LogP contribution in [0.1, 0.15) is 25.7 Å². The van der Waals surface area contributed by atoms with E-state index in [-0.39, 0.29) is 23.9 Å². The number of amidine groups is 1. The molecule has 1 aromatic rings. The van der Waals surface area contributed by atoms with Gasteiger partial charge in [-0.2, -0.15) is 0 Å². The Morgan fingerprint density at radius 2 is 2.08 bits per heavy atom. The molecule has 26 heavy (non-hydrogen) atoms. The molecule has 1 fully saturated rings. The Kier molecular flexibility index (Phi) is 5.41. The van der Waals surface area contributed by atoms with Crippen LogP contribution in [0.25, 0.3) is 0 Å². The lowest BCUT2D eigenvalue weighted by atomic mass is 9.93. The molecule has 0 bridgehead atoms. The number of hydrogen-bond acceptors (Lipinski definition) is 5. The number of likely N-dealkylation sites (N-methyl/N-ethyl adjacent to an activating group) is 1. The summed E-state index contributed by atoms with van der Waals surface area (Å²) in [4.78, 5) is 19.5. The average molecular weight is 423 g/mol. The lowest BCUT2D eigenvalue weighted by Crippen LogP contribution is -2.45. The molecule has 1 heterocycles. The van der Waals surface area contributed by atoms with Crippen molar-refractivity contribution in [1.82, 2.24) is 4.90 Å². The summed E-state index contributed by atoms with van der Waals surface area (Å²) < 4.78 is 6.49. The molecule has 1 saturated carbocycles. The summed E-state index contributed by atoms with van der Waals surface area (Å²) in [5, 5.41) is 3.86. The van der Waals surface area contributed by atoms with Crippen LogP contribution < -0.4 is 16.2 Å². The third kappa shape index (κ3) is 3.38. The van der Waals surface area contributed by atoms with E-state index in [0.717, 1.165) is 35.9 Å². The highest BCUT2D eigenvalue weighted by molar-refractivity contribution is 9.10. The maximum absolute atomic E-state index is 12.6. The first-order chi connectivity index (χ1) is 12.5. The molecule has 0 atom stereocenters. The van der Waals surface area contributed by atoms with E-state index < -0.39 is 5.54 Å². The molecule has 0 unspecified atom stereocenters. The number of hydrogen-bond donors (Lipinski definition) is 2. The molecule has 4 N–H and O–H groups in total. The molecule has 3 rings (SSSR count). The van der Waals surface area contributed by atoms with Crippen molar-refractivity contribution >= 4 is 27.7 Å². The van der Waals surface area contributed by atoms with Crippen molar-refractivity contribution < 1.29 is 14.4 Å². The van der Waals surface area contributed by atoms with E-state index in [1.54, 1.807) is 11.9 Å². The molecule has 7 nitrogen and oxygen atoms in total. The van der Waals surface area contributed by atoms with Crippen molar-refractivity contribution in [2.45, 2.75) is 31.2 Å². The van der Waals surface area contributed by atoms with E-state index in [1.165, 1.54) is 0 Å². The third-order valence-electron chi connectivity index (χ3n) is 5.02. The van der Waals surface area contributed by atoms with Crippen LogP contribution in [0.3, 0.4) is 0 Å². The molecule has 1 aromatic carbocycles. The quantitative estimate of drug-likeness (QED) is 0.316. The van der Waals surface area contributed by atoms with Crippen LogP contribution in [0.2, 0.25) is 0 Å². The second-order valence-electron chi connectivity index (χ2n) is 6.51. The van der Waals surface area contributed by atoms with Crippen molar-refractivity contribution in [3.63, 3.8) is 0 Å². The zero-order valence-electron chi connectivity index (χ0n) is 14.7. The van der Waals surface area contributed by atoms with Crippen molar-refractivity contribution in [3.05, 3.63) is 40.0 Å². The van der Waals surface area contributed by atoms with Crippen molar-refractivity contribution in [2.24, 2.45) is 16.6 Å². The molecule has 2 aliphatic rings. The monoisotopic (exact) mass is 422 g/mol. The molecule has 8 heteroatoms. The van der Waals surface area contributed by atoms with Crippen LogP contribution in [-0.4, -0.2) is 42.4 Å². The molecule has 140 valence electrons. The molecular weight excluding hydrogens is 400 g/mol. The van der Waals surface area contributed by atoms with Gasteiger partial charge in [0.15, 0.2) is 12.4 Å². The van der Waals surface area contributed by atoms with Gasteiger partial charge in [0.25, 0.3) is 5.91 Å². The number of amides is 1. The largest absolute Gasteiger partial charge is 0.490 e. The highest BCUT2D eigenvalue weighted by Gasteiger charge is 2.51. The summed E-state index contributed by atoms with van der Waals surface area (Å²) in [6, 6.07) is 7.51. The number of benzene rings is 1. The van der Waals surface area contributed by atoms with Gasteiger partial charge in [0.1, 0.15) is 17.9 Å². The third-order valence-corrected chi connectivity index (χ3v) is 5.51. The lowest BCUT2D eigenvalue weighted by molar-refractivity contribution is -0.127. The SMILES string of the molecule is CN1C(=O)C(/C(N)=N/OCCOc2cccc(Br)c2)=C(N)C12CCCC2. The van der Waals surface area contributed by atoms with E-state index in [4.69, 9.17) is 21.0 Å². The predicted octanol–water partition coefficient (Wildman–Crippen LogP) is 2.11. The molecule has 1 aliphatic carbocycles. The van der Waals surface area contributed by atoms with E-state index in [9.17, 15) is 4.79 Å². The van der Waals surface area contributed by atoms with E-state index in [1.807, 2.05) is 24.3 Å². The van der Waals surface area contributed by atoms with Gasteiger partial charge in [0.2, 0.25) is 0 Å². The van der Waals surface area contributed by atoms with Gasteiger partial charge < -0.3 is 25.9 Å².